The van der Waals surface area contributed by atoms with Gasteiger partial charge in [0.05, 0.1) is 42.8 Å². The first kappa shape index (κ1) is 37.9. The topological polar surface area (TPSA) is 33.3 Å². The van der Waals surface area contributed by atoms with Crippen LogP contribution < -0.4 is 55.6 Å². The monoisotopic (exact) mass is 806 g/mol. The van der Waals surface area contributed by atoms with Gasteiger partial charge in [0.15, 0.2) is 5.11 Å². The molecule has 8 heteroatoms. The summed E-state index contributed by atoms with van der Waals surface area (Å²) >= 11 is 5.94. The molecule has 0 aromatic heterocycles. The van der Waals surface area contributed by atoms with E-state index in [0.717, 1.165) is 11.8 Å². The number of hydrogen-bond acceptors (Lipinski definition) is 2. The van der Waals surface area contributed by atoms with Gasteiger partial charge in [-0.3, -0.25) is 0 Å². The summed E-state index contributed by atoms with van der Waals surface area (Å²) in [4.78, 5) is 0. The molecule has 0 aliphatic rings. The minimum atomic E-state index is -2.87. The fourth-order valence-corrected chi connectivity index (χ4v) is 15.1. The van der Waals surface area contributed by atoms with E-state index >= 15 is 0 Å². The summed E-state index contributed by atoms with van der Waals surface area (Å²) in [5.41, 5.74) is 0.729. The van der Waals surface area contributed by atoms with Crippen LogP contribution >= 0.6 is 19.5 Å². The third-order valence-corrected chi connectivity index (χ3v) is 18.3. The van der Waals surface area contributed by atoms with Crippen molar-refractivity contribution >= 4 is 59.6 Å². The van der Waals surface area contributed by atoms with Crippen LogP contribution in [0.3, 0.4) is 0 Å². The molecule has 0 saturated carbocycles. The van der Waals surface area contributed by atoms with Crippen LogP contribution in [-0.4, -0.2) is 38.4 Å². The maximum absolute atomic E-state index is 13.7. The van der Waals surface area contributed by atoms with Crippen LogP contribution in [0.15, 0.2) is 146 Å². The summed E-state index contributed by atoms with van der Waals surface area (Å²) < 4.78 is 21.4. The predicted molar refractivity (Wildman–Crippen MR) is 208 cm³/mol. The zero-order valence-electron chi connectivity index (χ0n) is 28.2. The molecule has 0 aliphatic heterocycles. The standard InChI is InChI=1S/C40H44FN2OPSSi.HI/c1-31(44-47(40(2,3)4,36-22-14-8-15-23-36)37-24-16-9-17-25-37)38(43-39(46)42-33-28-26-32(41)27-29-33)30-45(5,34-18-10-6-11-19-34)35-20-12-7-13-21-35;/h6-29,31,38H,30H2,1-5H3,(H-,42,43,46);1H/t31-,38-;/m1./s1. The van der Waals surface area contributed by atoms with Crippen LogP contribution in [0.4, 0.5) is 10.1 Å². The van der Waals surface area contributed by atoms with E-state index in [4.69, 9.17) is 16.6 Å². The Morgan fingerprint density at radius 2 is 1.15 bits per heavy atom. The van der Waals surface area contributed by atoms with Crippen molar-refractivity contribution in [2.75, 3.05) is 18.1 Å². The van der Waals surface area contributed by atoms with Gasteiger partial charge in [0, 0.05) is 5.69 Å². The van der Waals surface area contributed by atoms with Gasteiger partial charge in [0.25, 0.3) is 8.32 Å². The van der Waals surface area contributed by atoms with Gasteiger partial charge >= 0.3 is 0 Å². The molecule has 0 heterocycles. The molecule has 3 nitrogen and oxygen atoms in total. The van der Waals surface area contributed by atoms with Gasteiger partial charge < -0.3 is 39.0 Å². The van der Waals surface area contributed by atoms with Crippen molar-refractivity contribution in [3.05, 3.63) is 151 Å². The lowest BCUT2D eigenvalue weighted by Crippen LogP contribution is -3.00. The van der Waals surface area contributed by atoms with E-state index in [-0.39, 0.29) is 47.0 Å². The quantitative estimate of drug-likeness (QED) is 0.0876. The van der Waals surface area contributed by atoms with Crippen LogP contribution in [0, 0.1) is 5.82 Å². The maximum Gasteiger partial charge on any atom is 0.261 e. The molecular formula is C40H45FIN2OPSSi. The summed E-state index contributed by atoms with van der Waals surface area (Å²) in [6.45, 7) is 11.5. The van der Waals surface area contributed by atoms with Crippen molar-refractivity contribution in [3.63, 3.8) is 0 Å². The van der Waals surface area contributed by atoms with Crippen LogP contribution in [-0.2, 0) is 4.43 Å². The molecule has 250 valence electrons. The highest BCUT2D eigenvalue weighted by molar-refractivity contribution is 7.89. The Kier molecular flexibility index (Phi) is 13.1. The first-order valence-corrected chi connectivity index (χ1v) is 20.9. The summed E-state index contributed by atoms with van der Waals surface area (Å²) in [7, 11) is -4.82. The number of halogens is 2. The van der Waals surface area contributed by atoms with Gasteiger partial charge in [0.2, 0.25) is 0 Å². The average Bonchev–Trinajstić information content (AvgIpc) is 3.08. The Bertz CT molecular complexity index is 1650. The van der Waals surface area contributed by atoms with Crippen molar-refractivity contribution in [1.29, 1.82) is 0 Å². The normalized spacial score (nSPS) is 13.1. The third-order valence-electron chi connectivity index (χ3n) is 8.98. The Hall–Kier alpha value is -2.94. The molecule has 2 N–H and O–H groups in total. The van der Waals surface area contributed by atoms with Crippen molar-refractivity contribution in [3.8, 4) is 0 Å². The minimum Gasteiger partial charge on any atom is -1.00 e. The summed E-state index contributed by atoms with van der Waals surface area (Å²) in [6.07, 6.45) is 0.576. The smallest absolute Gasteiger partial charge is 0.261 e. The molecule has 0 unspecified atom stereocenters. The molecule has 2 atom stereocenters. The SMILES string of the molecule is C[C@@H](O[Si](c1ccccc1)(c1ccccc1)C(C)(C)C)[C@@H](C[P+](C)(c1ccccc1)c1ccccc1)NC(=S)Nc1ccc(F)cc1.[I-]. The molecule has 5 aromatic rings. The number of hydrogen-bond donors (Lipinski definition) is 2. The van der Waals surface area contributed by atoms with E-state index in [9.17, 15) is 4.39 Å². The number of anilines is 1. The largest absolute Gasteiger partial charge is 1.00 e. The lowest BCUT2D eigenvalue weighted by Gasteiger charge is -2.46. The van der Waals surface area contributed by atoms with Gasteiger partial charge in [-0.05, 0) is 83.1 Å². The molecule has 48 heavy (non-hydrogen) atoms. The van der Waals surface area contributed by atoms with Crippen molar-refractivity contribution < 1.29 is 32.8 Å². The number of nitrogens with one attached hydrogen (secondary N) is 2. The molecule has 0 bridgehead atoms. The van der Waals surface area contributed by atoms with Crippen LogP contribution in [0.1, 0.15) is 27.7 Å². The van der Waals surface area contributed by atoms with E-state index in [0.29, 0.717) is 5.11 Å². The second-order valence-corrected chi connectivity index (χ2v) is 21.7. The second kappa shape index (κ2) is 16.6. The number of rotatable bonds is 11. The minimum absolute atomic E-state index is 0. The summed E-state index contributed by atoms with van der Waals surface area (Å²) in [6, 6.07) is 49.3. The van der Waals surface area contributed by atoms with Gasteiger partial charge in [0.1, 0.15) is 5.82 Å². The van der Waals surface area contributed by atoms with Gasteiger partial charge in [-0.2, -0.15) is 0 Å². The van der Waals surface area contributed by atoms with Gasteiger partial charge in [-0.25, -0.2) is 4.39 Å². The Morgan fingerprint density at radius 1 is 0.729 bits per heavy atom. The molecule has 0 saturated heterocycles. The van der Waals surface area contributed by atoms with E-state index < -0.39 is 15.6 Å². The fourth-order valence-electron chi connectivity index (χ4n) is 6.50. The van der Waals surface area contributed by atoms with E-state index in [1.165, 1.54) is 33.1 Å². The van der Waals surface area contributed by atoms with E-state index in [2.05, 4.69) is 166 Å². The van der Waals surface area contributed by atoms with Crippen LogP contribution in [0.2, 0.25) is 5.04 Å². The Morgan fingerprint density at radius 3 is 1.56 bits per heavy atom. The lowest BCUT2D eigenvalue weighted by atomic mass is 10.2. The fraction of sp³-hybridized carbons (Fsp3) is 0.225. The highest BCUT2D eigenvalue weighted by atomic mass is 127. The molecule has 0 fully saturated rings. The van der Waals surface area contributed by atoms with E-state index in [1.807, 2.05) is 0 Å². The molecular weight excluding hydrogens is 761 g/mol. The molecule has 0 amide bonds. The van der Waals surface area contributed by atoms with Crippen LogP contribution in [0.25, 0.3) is 0 Å². The second-order valence-electron chi connectivity index (χ2n) is 13.2. The van der Waals surface area contributed by atoms with E-state index in [1.54, 1.807) is 12.1 Å². The number of thiocarbonyl (C=S) groups is 1. The van der Waals surface area contributed by atoms with Crippen molar-refractivity contribution in [2.45, 2.75) is 44.9 Å². The number of benzene rings is 5. The Balaban J connectivity index is 0.00000520. The first-order valence-electron chi connectivity index (χ1n) is 16.1. The molecule has 0 spiro atoms. The summed E-state index contributed by atoms with van der Waals surface area (Å²) in [5, 5.41) is 12.4. The summed E-state index contributed by atoms with van der Waals surface area (Å²) in [5.74, 6) is -0.286. The first-order chi connectivity index (χ1) is 22.5. The van der Waals surface area contributed by atoms with Gasteiger partial charge in [-0.1, -0.05) is 118 Å². The maximum atomic E-state index is 13.7. The molecule has 0 aliphatic carbocycles. The molecule has 5 rings (SSSR count). The van der Waals surface area contributed by atoms with Gasteiger partial charge in [-0.15, -0.1) is 0 Å². The van der Waals surface area contributed by atoms with Crippen LogP contribution in [0.5, 0.6) is 0 Å². The molecule has 0 radical (unpaired) electrons. The zero-order valence-corrected chi connectivity index (χ0v) is 33.1. The van der Waals surface area contributed by atoms with Crippen molar-refractivity contribution in [1.82, 2.24) is 5.32 Å². The van der Waals surface area contributed by atoms with Crippen molar-refractivity contribution in [2.24, 2.45) is 0 Å². The Labute approximate surface area is 310 Å². The molecule has 5 aromatic carbocycles. The highest BCUT2D eigenvalue weighted by Crippen LogP contribution is 2.53. The lowest BCUT2D eigenvalue weighted by molar-refractivity contribution is -0.0000111. The predicted octanol–water partition coefficient (Wildman–Crippen LogP) is 4.75. The highest BCUT2D eigenvalue weighted by Gasteiger charge is 2.52. The zero-order chi connectivity index (χ0) is 33.5. The third kappa shape index (κ3) is 8.61. The average molecular weight is 807 g/mol.